The zero-order valence-corrected chi connectivity index (χ0v) is 85.7. The maximum absolute atomic E-state index is 12.6. The van der Waals surface area contributed by atoms with Gasteiger partial charge in [-0.25, -0.2) is 0 Å². The quantitative estimate of drug-likeness (QED) is 0.0359. The summed E-state index contributed by atoms with van der Waals surface area (Å²) in [5, 5.41) is 129. The van der Waals surface area contributed by atoms with Gasteiger partial charge in [0.1, 0.15) is 0 Å². The molecular formula is C97H135Br5N14O20. The van der Waals surface area contributed by atoms with Crippen LogP contribution < -0.4 is 47.9 Å². The van der Waals surface area contributed by atoms with E-state index in [4.69, 9.17) is 0 Å². The summed E-state index contributed by atoms with van der Waals surface area (Å²) < 4.78 is 4.62. The Morgan fingerprint density at radius 1 is 0.250 bits per heavy atom. The fraction of sp³-hybridized carbons (Fsp3) is 0.588. The number of rotatable bonds is 25. The molecule has 748 valence electrons. The smallest absolute Gasteiger partial charge is 0.254 e. The average molecular weight is 2220 g/mol. The minimum absolute atomic E-state index is 0.101. The predicted octanol–water partition coefficient (Wildman–Crippen LogP) is 5.16. The van der Waals surface area contributed by atoms with E-state index >= 15 is 0 Å². The van der Waals surface area contributed by atoms with Crippen molar-refractivity contribution in [3.05, 3.63) is 172 Å². The number of piperidine rings is 6. The summed E-state index contributed by atoms with van der Waals surface area (Å²) in [7, 11) is 0. The lowest BCUT2D eigenvalue weighted by atomic mass is 9.73. The molecule has 9 fully saturated rings. The first-order valence-corrected chi connectivity index (χ1v) is 51.0. The molecule has 5 aromatic carbocycles. The van der Waals surface area contributed by atoms with Crippen LogP contribution in [0.4, 0.5) is 0 Å². The Morgan fingerprint density at radius 2 is 0.471 bits per heavy atom. The van der Waals surface area contributed by atoms with E-state index in [2.05, 4.69) is 128 Å². The van der Waals surface area contributed by atoms with E-state index in [0.29, 0.717) is 65.4 Å². The third-order valence-corrected chi connectivity index (χ3v) is 30.8. The van der Waals surface area contributed by atoms with E-state index in [1.165, 1.54) is 4.90 Å². The van der Waals surface area contributed by atoms with Gasteiger partial charge in [-0.3, -0.25) is 47.9 Å². The number of carbonyl (C=O) groups excluding carboxylic acids is 10. The maximum atomic E-state index is 12.6. The molecule has 0 aromatic heterocycles. The molecule has 39 heteroatoms. The standard InChI is InChI=1S/C21H30BrN3O4.2C20H28BrN3O4.C19H26BrN3O4.C17H23BrN2O4/c1-14(15-3-5-16(22)6-4-15)24-19(28)17(26)18(27)20(29)25-11-8-21(9-12-25)7-2-10-23-13-21;1-13(14-2-4-15(21)5-3-14)23-18(27)16(25)17(26)19(28)24-10-7-20(8-11-24)6-9-22-12-20;1-13(14-2-4-15(21)5-3-14)23-18(27)16(25)17(26)19(28)24-11-8-20(12-24)6-9-22-10-7-20;1-12(13-2-4-14(20)5-3-13)22-17(26)15(24)16(25)18(27)23-8-6-19(7-9-23)10-21-11-19;1-11(12-5-7-13(18)8-6-12)19-16(23)14(21)15(22)17(24)20-9-3-2-4-10-20/h3-6,14,17-18,23,26-27H,2,7-13H2,1H3,(H,24,28);2*2-5,13,16-17,22,25-26H,6-12H2,1H3,(H,23,27);2-5,12,15-16,21,24-25H,6-11H2,1H3,(H,22,26);5-8,11,14-15,21-22H,2-4,9-10H2,1H3,(H,19,23)/t14-,17+,18+;2*13-,16+,17+;12-,15+,16+;11-,14+,15+/m00001/s1. The molecule has 9 saturated heterocycles. The van der Waals surface area contributed by atoms with Crippen LogP contribution in [-0.2, 0) is 47.9 Å². The first kappa shape index (κ1) is 111. The molecule has 0 unspecified atom stereocenters. The topological polar surface area (TPSA) is 497 Å². The third-order valence-electron chi connectivity index (χ3n) is 28.1. The minimum atomic E-state index is -1.80. The molecule has 10 amide bonds. The van der Waals surface area contributed by atoms with Gasteiger partial charge in [0.25, 0.3) is 59.1 Å². The molecule has 15 atom stereocenters. The number of nitrogens with zero attached hydrogens (tertiary/aromatic N) is 5. The molecule has 136 heavy (non-hydrogen) atoms. The lowest BCUT2D eigenvalue weighted by Crippen LogP contribution is -2.60. The van der Waals surface area contributed by atoms with Crippen molar-refractivity contribution in [2.24, 2.45) is 21.7 Å². The van der Waals surface area contributed by atoms with Crippen LogP contribution in [0.25, 0.3) is 0 Å². The maximum Gasteiger partial charge on any atom is 0.254 e. The van der Waals surface area contributed by atoms with Crippen LogP contribution in [-0.4, -0.2) is 313 Å². The molecular weight excluding hydrogens is 2080 g/mol. The van der Waals surface area contributed by atoms with Gasteiger partial charge in [0, 0.05) is 114 Å². The number of halogens is 5. The van der Waals surface area contributed by atoms with Gasteiger partial charge in [-0.2, -0.15) is 0 Å². The Kier molecular flexibility index (Phi) is 42.2. The largest absolute Gasteiger partial charge is 0.380 e. The second-order valence-corrected chi connectivity index (χ2v) is 42.4. The molecule has 9 heterocycles. The number of hydrogen-bond acceptors (Lipinski definition) is 24. The summed E-state index contributed by atoms with van der Waals surface area (Å²) >= 11 is 16.8. The van der Waals surface area contributed by atoms with Gasteiger partial charge < -0.3 is 123 Å². The fourth-order valence-electron chi connectivity index (χ4n) is 18.7. The van der Waals surface area contributed by atoms with Crippen molar-refractivity contribution >= 4 is 139 Å². The zero-order valence-electron chi connectivity index (χ0n) is 77.7. The summed E-state index contributed by atoms with van der Waals surface area (Å²) in [5.41, 5.74) is 5.14. The van der Waals surface area contributed by atoms with Crippen LogP contribution in [0.1, 0.15) is 189 Å². The second-order valence-electron chi connectivity index (χ2n) is 37.8. The number of hydrogen-bond donors (Lipinski definition) is 19. The van der Waals surface area contributed by atoms with Crippen LogP contribution in [0.3, 0.4) is 0 Å². The predicted molar refractivity (Wildman–Crippen MR) is 527 cm³/mol. The first-order chi connectivity index (χ1) is 64.6. The summed E-state index contributed by atoms with van der Waals surface area (Å²) in [6, 6.07) is 35.3. The number of likely N-dealkylation sites (tertiary alicyclic amines) is 5. The van der Waals surface area contributed by atoms with E-state index in [1.807, 2.05) is 121 Å². The summed E-state index contributed by atoms with van der Waals surface area (Å²) in [5.74, 6) is -6.71. The highest BCUT2D eigenvalue weighted by Gasteiger charge is 2.48. The highest BCUT2D eigenvalue weighted by Crippen LogP contribution is 2.42. The Balaban J connectivity index is 0.000000176. The van der Waals surface area contributed by atoms with Gasteiger partial charge in [0.05, 0.1) is 30.2 Å². The van der Waals surface area contributed by atoms with Gasteiger partial charge in [-0.05, 0) is 267 Å². The van der Waals surface area contributed by atoms with Gasteiger partial charge in [-0.15, -0.1) is 0 Å². The molecule has 14 rings (SSSR count). The Morgan fingerprint density at radius 3 is 0.721 bits per heavy atom. The summed E-state index contributed by atoms with van der Waals surface area (Å²) in [6.45, 7) is 22.2. The molecule has 9 aliphatic rings. The minimum Gasteiger partial charge on any atom is -0.380 e. The molecule has 5 aromatic rings. The third kappa shape index (κ3) is 30.8. The summed E-state index contributed by atoms with van der Waals surface area (Å²) in [6.07, 6.45) is -3.36. The normalized spacial score (nSPS) is 21.3. The van der Waals surface area contributed by atoms with E-state index in [0.717, 1.165) is 199 Å². The van der Waals surface area contributed by atoms with Crippen molar-refractivity contribution in [1.29, 1.82) is 0 Å². The van der Waals surface area contributed by atoms with Crippen LogP contribution in [0.5, 0.6) is 0 Å². The lowest BCUT2D eigenvalue weighted by molar-refractivity contribution is -0.155. The van der Waals surface area contributed by atoms with Gasteiger partial charge >= 0.3 is 0 Å². The second kappa shape index (κ2) is 51.9. The molecule has 0 saturated carbocycles. The molecule has 4 spiro atoms. The lowest BCUT2D eigenvalue weighted by Gasteiger charge is -2.48. The Hall–Kier alpha value is -7.36. The molecule has 0 aliphatic carbocycles. The van der Waals surface area contributed by atoms with Crippen LogP contribution >= 0.6 is 79.6 Å². The van der Waals surface area contributed by atoms with Crippen molar-refractivity contribution < 1.29 is 99.0 Å². The molecule has 34 nitrogen and oxygen atoms in total. The van der Waals surface area contributed by atoms with Gasteiger partial charge in [0.2, 0.25) is 0 Å². The van der Waals surface area contributed by atoms with Crippen LogP contribution in [0, 0.1) is 21.7 Å². The van der Waals surface area contributed by atoms with Crippen molar-refractivity contribution in [3.63, 3.8) is 0 Å². The number of carbonyl (C=O) groups is 10. The first-order valence-electron chi connectivity index (χ1n) is 47.0. The van der Waals surface area contributed by atoms with Crippen LogP contribution in [0.15, 0.2) is 144 Å². The SMILES string of the molecule is C[C@@H](NC(=O)[C@@H](O)[C@H](O)C(=O)N1CCCCC1)c1ccc(Br)cc1.C[C@H](NC(=O)[C@H](O)[C@@H](O)C(=O)N1CCC2(CC1)CNC2)c1ccc(Br)cc1.C[C@H](NC(=O)[C@H](O)[C@@H](O)C(=O)N1CCC2(CCCNC2)CC1)c1ccc(Br)cc1.C[C@H](NC(=O)[C@H](O)[C@@H](O)C(=O)N1CCC2(CCNC2)CC1)c1ccc(Br)cc1.C[C@H](NC(=O)[C@H](O)[C@@H](O)C(=O)N1CCC2(CCNCC2)C1)c1ccc(Br)cc1. The van der Waals surface area contributed by atoms with Crippen molar-refractivity contribution in [1.82, 2.24) is 72.4 Å². The molecule has 0 radical (unpaired) electrons. The highest BCUT2D eigenvalue weighted by atomic mass is 79.9. The number of aliphatic hydroxyl groups excluding tert-OH is 10. The Labute approximate surface area is 837 Å². The summed E-state index contributed by atoms with van der Waals surface area (Å²) in [4.78, 5) is 132. The molecule has 19 N–H and O–H groups in total. The van der Waals surface area contributed by atoms with E-state index in [1.54, 1.807) is 54.2 Å². The highest BCUT2D eigenvalue weighted by molar-refractivity contribution is 9.11. The van der Waals surface area contributed by atoms with E-state index in [9.17, 15) is 99.0 Å². The van der Waals surface area contributed by atoms with Crippen molar-refractivity contribution in [3.8, 4) is 0 Å². The van der Waals surface area contributed by atoms with Crippen molar-refractivity contribution in [2.45, 2.75) is 222 Å². The molecule has 9 aliphatic heterocycles. The van der Waals surface area contributed by atoms with Crippen LogP contribution in [0.2, 0.25) is 0 Å². The number of amides is 10. The molecule has 0 bridgehead atoms. The number of nitrogens with one attached hydrogen (secondary N) is 9. The van der Waals surface area contributed by atoms with Crippen molar-refractivity contribution in [2.75, 3.05) is 118 Å². The zero-order chi connectivity index (χ0) is 98.9. The fourth-order valence-corrected chi connectivity index (χ4v) is 20.0. The average Bonchev–Trinajstić information content (AvgIpc) is 1.35. The van der Waals surface area contributed by atoms with Gasteiger partial charge in [-0.1, -0.05) is 140 Å². The monoisotopic (exact) mass is 2210 g/mol. The number of aliphatic hydroxyl groups is 10. The van der Waals surface area contributed by atoms with E-state index < -0.39 is 120 Å². The van der Waals surface area contributed by atoms with Gasteiger partial charge in [0.15, 0.2) is 61.0 Å². The van der Waals surface area contributed by atoms with E-state index in [-0.39, 0.29) is 51.9 Å². The Bertz CT molecular complexity index is 4740. The number of benzene rings is 5.